The Labute approximate surface area is 172 Å². The van der Waals surface area contributed by atoms with Gasteiger partial charge < -0.3 is 36.6 Å². The fourth-order valence-corrected chi connectivity index (χ4v) is 2.52. The summed E-state index contributed by atoms with van der Waals surface area (Å²) in [5.41, 5.74) is 11.4. The third-order valence-electron chi connectivity index (χ3n) is 4.26. The van der Waals surface area contributed by atoms with Crippen LogP contribution in [0.15, 0.2) is 18.2 Å². The zero-order valence-corrected chi connectivity index (χ0v) is 16.6. The van der Waals surface area contributed by atoms with Gasteiger partial charge in [0, 0.05) is 30.0 Å². The summed E-state index contributed by atoms with van der Waals surface area (Å²) in [7, 11) is 0. The topological polar surface area (TPSA) is 193 Å². The SMILES string of the molecule is CC1(C)C[C@@H](N)c2ccc(F)cc2O1.NC(=O)C1CC1.O=C(O)[C@@H](O)[C@H](O)C(=O)O. The molecule has 1 aliphatic heterocycles. The van der Waals surface area contributed by atoms with Gasteiger partial charge in [0.05, 0.1) is 0 Å². The number of rotatable bonds is 4. The number of hydrogen-bond acceptors (Lipinski definition) is 7. The molecular weight excluding hydrogens is 403 g/mol. The van der Waals surface area contributed by atoms with Gasteiger partial charge in [-0.1, -0.05) is 6.07 Å². The Bertz CT molecular complexity index is 764. The fourth-order valence-electron chi connectivity index (χ4n) is 2.52. The first-order valence-electron chi connectivity index (χ1n) is 9.10. The predicted molar refractivity (Wildman–Crippen MR) is 102 cm³/mol. The van der Waals surface area contributed by atoms with E-state index in [2.05, 4.69) is 0 Å². The predicted octanol–water partition coefficient (Wildman–Crippen LogP) is 0.146. The van der Waals surface area contributed by atoms with E-state index >= 15 is 0 Å². The molecule has 3 rings (SSSR count). The molecule has 8 N–H and O–H groups in total. The van der Waals surface area contributed by atoms with Crippen LogP contribution in [0.4, 0.5) is 4.39 Å². The fraction of sp³-hybridized carbons (Fsp3) is 0.526. The highest BCUT2D eigenvalue weighted by molar-refractivity contribution is 5.83. The van der Waals surface area contributed by atoms with E-state index in [4.69, 9.17) is 36.6 Å². The first-order valence-corrected chi connectivity index (χ1v) is 9.10. The molecule has 0 unspecified atom stereocenters. The van der Waals surface area contributed by atoms with Gasteiger partial charge in [0.1, 0.15) is 17.2 Å². The van der Waals surface area contributed by atoms with Crippen molar-refractivity contribution in [2.24, 2.45) is 17.4 Å². The van der Waals surface area contributed by atoms with Gasteiger partial charge in [-0.2, -0.15) is 0 Å². The number of primary amides is 1. The van der Waals surface area contributed by atoms with Gasteiger partial charge in [0.25, 0.3) is 0 Å². The van der Waals surface area contributed by atoms with Crippen molar-refractivity contribution >= 4 is 17.8 Å². The van der Waals surface area contributed by atoms with E-state index in [1.165, 1.54) is 12.1 Å². The number of nitrogens with two attached hydrogens (primary N) is 2. The molecule has 2 aliphatic rings. The number of carboxylic acid groups (broad SMARTS) is 2. The molecule has 11 heteroatoms. The van der Waals surface area contributed by atoms with Gasteiger partial charge >= 0.3 is 11.9 Å². The highest BCUT2D eigenvalue weighted by Gasteiger charge is 2.32. The zero-order valence-electron chi connectivity index (χ0n) is 16.6. The molecule has 1 saturated carbocycles. The van der Waals surface area contributed by atoms with Crippen molar-refractivity contribution in [2.45, 2.75) is 57.0 Å². The van der Waals surface area contributed by atoms with E-state index in [0.29, 0.717) is 5.75 Å². The average molecular weight is 430 g/mol. The Morgan fingerprint density at radius 2 is 1.63 bits per heavy atom. The van der Waals surface area contributed by atoms with Crippen molar-refractivity contribution in [1.29, 1.82) is 0 Å². The molecular formula is C19H27FN2O8. The van der Waals surface area contributed by atoms with E-state index in [-0.39, 0.29) is 29.3 Å². The molecule has 1 amide bonds. The van der Waals surface area contributed by atoms with Gasteiger partial charge in [-0.15, -0.1) is 0 Å². The summed E-state index contributed by atoms with van der Waals surface area (Å²) < 4.78 is 18.6. The number of carboxylic acids is 2. The highest BCUT2D eigenvalue weighted by Crippen LogP contribution is 2.38. The van der Waals surface area contributed by atoms with E-state index in [1.54, 1.807) is 6.07 Å². The molecule has 0 spiro atoms. The van der Waals surface area contributed by atoms with Gasteiger partial charge in [-0.3, -0.25) is 4.79 Å². The van der Waals surface area contributed by atoms with Crippen LogP contribution >= 0.6 is 0 Å². The standard InChI is InChI=1S/C11H14FNO.C4H7NO.C4H6O6/c1-11(2)6-9(13)8-4-3-7(12)5-10(8)14-11;5-4(6)3-1-2-3;5-1(3(7)8)2(6)4(9)10/h3-5,9H,6,13H2,1-2H3;3H,1-2H2,(H2,5,6);1-2,5-6H,(H,7,8)(H,9,10)/t9-;;1-,2-/m1.0/s1. The third-order valence-corrected chi connectivity index (χ3v) is 4.26. The Hall–Kier alpha value is -2.76. The van der Waals surface area contributed by atoms with Crippen LogP contribution in [0.5, 0.6) is 5.75 Å². The molecule has 1 heterocycles. The molecule has 0 bridgehead atoms. The van der Waals surface area contributed by atoms with Crippen LogP contribution in [0.2, 0.25) is 0 Å². The quantitative estimate of drug-likeness (QED) is 0.385. The number of carbonyl (C=O) groups excluding carboxylic acids is 1. The lowest BCUT2D eigenvalue weighted by molar-refractivity contribution is -0.165. The van der Waals surface area contributed by atoms with Gasteiger partial charge in [-0.05, 0) is 32.8 Å². The minimum Gasteiger partial charge on any atom is -0.487 e. The normalized spacial score (nSPS) is 20.5. The number of halogens is 1. The molecule has 168 valence electrons. The zero-order chi connectivity index (χ0) is 23.2. The van der Waals surface area contributed by atoms with Crippen molar-refractivity contribution in [2.75, 3.05) is 0 Å². The van der Waals surface area contributed by atoms with E-state index in [0.717, 1.165) is 24.8 Å². The van der Waals surface area contributed by atoms with Crippen LogP contribution in [-0.4, -0.2) is 56.1 Å². The molecule has 0 saturated heterocycles. The number of aliphatic hydroxyl groups excluding tert-OH is 2. The monoisotopic (exact) mass is 430 g/mol. The average Bonchev–Trinajstić information content (AvgIpc) is 3.45. The van der Waals surface area contributed by atoms with Gasteiger partial charge in [0.15, 0.2) is 12.2 Å². The minimum atomic E-state index is -2.27. The van der Waals surface area contributed by atoms with E-state index in [9.17, 15) is 18.8 Å². The van der Waals surface area contributed by atoms with Gasteiger partial charge in [-0.25, -0.2) is 14.0 Å². The first kappa shape index (κ1) is 25.3. The molecule has 1 aromatic carbocycles. The van der Waals surface area contributed by atoms with Crippen LogP contribution in [0.25, 0.3) is 0 Å². The summed E-state index contributed by atoms with van der Waals surface area (Å²) in [5, 5.41) is 32.5. The molecule has 1 aliphatic carbocycles. The number of aliphatic carboxylic acids is 2. The minimum absolute atomic E-state index is 0.0608. The van der Waals surface area contributed by atoms with Crippen molar-refractivity contribution in [3.63, 3.8) is 0 Å². The van der Waals surface area contributed by atoms with Crippen molar-refractivity contribution < 1.29 is 43.9 Å². The van der Waals surface area contributed by atoms with Crippen LogP contribution in [0.3, 0.4) is 0 Å². The lowest BCUT2D eigenvalue weighted by Crippen LogP contribution is -2.39. The third kappa shape index (κ3) is 7.93. The van der Waals surface area contributed by atoms with E-state index < -0.39 is 24.1 Å². The summed E-state index contributed by atoms with van der Waals surface area (Å²) in [5.74, 6) is -3.13. The summed E-state index contributed by atoms with van der Waals surface area (Å²) in [6.07, 6.45) is -1.73. The van der Waals surface area contributed by atoms with Gasteiger partial charge in [0.2, 0.25) is 5.91 Å². The molecule has 0 radical (unpaired) electrons. The van der Waals surface area contributed by atoms with Crippen LogP contribution < -0.4 is 16.2 Å². The Morgan fingerprint density at radius 3 is 2.00 bits per heavy atom. The molecule has 0 aromatic heterocycles. The lowest BCUT2D eigenvalue weighted by atomic mass is 9.90. The number of carbonyl (C=O) groups is 3. The maximum atomic E-state index is 13.0. The molecule has 1 aromatic rings. The number of ether oxygens (including phenoxy) is 1. The van der Waals surface area contributed by atoms with Crippen LogP contribution in [-0.2, 0) is 14.4 Å². The molecule has 1 fully saturated rings. The number of benzene rings is 1. The second-order valence-corrected chi connectivity index (χ2v) is 7.60. The second-order valence-electron chi connectivity index (χ2n) is 7.60. The first-order chi connectivity index (χ1) is 13.7. The number of fused-ring (bicyclic) bond motifs is 1. The van der Waals surface area contributed by atoms with Crippen molar-refractivity contribution in [1.82, 2.24) is 0 Å². The Morgan fingerprint density at radius 1 is 1.13 bits per heavy atom. The number of hydrogen-bond donors (Lipinski definition) is 6. The summed E-state index contributed by atoms with van der Waals surface area (Å²) in [4.78, 5) is 29.5. The van der Waals surface area contributed by atoms with Crippen LogP contribution in [0, 0.1) is 11.7 Å². The highest BCUT2D eigenvalue weighted by atomic mass is 19.1. The van der Waals surface area contributed by atoms with Crippen LogP contribution in [0.1, 0.15) is 44.7 Å². The summed E-state index contributed by atoms with van der Waals surface area (Å²) in [6.45, 7) is 3.92. The second kappa shape index (κ2) is 10.3. The van der Waals surface area contributed by atoms with Crippen molar-refractivity contribution in [3.05, 3.63) is 29.6 Å². The smallest absolute Gasteiger partial charge is 0.335 e. The Kier molecular flexibility index (Phi) is 8.70. The largest absolute Gasteiger partial charge is 0.487 e. The maximum absolute atomic E-state index is 13.0. The van der Waals surface area contributed by atoms with E-state index in [1.807, 2.05) is 13.8 Å². The van der Waals surface area contributed by atoms with Crippen molar-refractivity contribution in [3.8, 4) is 5.75 Å². The number of aliphatic hydroxyl groups is 2. The maximum Gasteiger partial charge on any atom is 0.335 e. The summed E-state index contributed by atoms with van der Waals surface area (Å²) >= 11 is 0. The Balaban J connectivity index is 0.000000246. The molecule has 10 nitrogen and oxygen atoms in total. The lowest BCUT2D eigenvalue weighted by Gasteiger charge is -2.36. The molecule has 3 atom stereocenters. The summed E-state index contributed by atoms with van der Waals surface area (Å²) in [6, 6.07) is 4.45. The molecule has 30 heavy (non-hydrogen) atoms. The number of amides is 1.